The summed E-state index contributed by atoms with van der Waals surface area (Å²) in [5.41, 5.74) is 7.52. The van der Waals surface area contributed by atoms with Crippen LogP contribution in [0.4, 0.5) is 9.59 Å². The van der Waals surface area contributed by atoms with Crippen molar-refractivity contribution < 1.29 is 19.1 Å². The molecule has 8 nitrogen and oxygen atoms in total. The van der Waals surface area contributed by atoms with E-state index in [-0.39, 0.29) is 13.2 Å². The second-order valence-electron chi connectivity index (χ2n) is 6.61. The first-order valence-corrected chi connectivity index (χ1v) is 9.99. The van der Waals surface area contributed by atoms with Crippen molar-refractivity contribution in [2.45, 2.75) is 13.2 Å². The van der Waals surface area contributed by atoms with Crippen LogP contribution in [0, 0.1) is 0 Å². The average Bonchev–Trinajstić information content (AvgIpc) is 2.78. The fourth-order valence-electron chi connectivity index (χ4n) is 2.70. The van der Waals surface area contributed by atoms with Gasteiger partial charge in [0.15, 0.2) is 0 Å². The number of ether oxygens (including phenoxy) is 2. The van der Waals surface area contributed by atoms with E-state index in [1.54, 1.807) is 0 Å². The molecule has 0 aromatic heterocycles. The summed E-state index contributed by atoms with van der Waals surface area (Å²) in [7, 11) is 0. The molecule has 162 valence electrons. The van der Waals surface area contributed by atoms with E-state index in [2.05, 4.69) is 15.5 Å². The Morgan fingerprint density at radius 3 is 1.57 bits per heavy atom. The van der Waals surface area contributed by atoms with Crippen LogP contribution in [-0.4, -0.2) is 56.4 Å². The van der Waals surface area contributed by atoms with Gasteiger partial charge in [-0.15, -0.1) is 0 Å². The second kappa shape index (κ2) is 14.0. The molecule has 0 spiro atoms. The van der Waals surface area contributed by atoms with E-state index < -0.39 is 12.2 Å². The summed E-state index contributed by atoms with van der Waals surface area (Å²) < 4.78 is 10.4. The second-order valence-corrected chi connectivity index (χ2v) is 6.61. The number of benzene rings is 2. The van der Waals surface area contributed by atoms with Crippen LogP contribution < -0.4 is 16.4 Å². The predicted molar refractivity (Wildman–Crippen MR) is 115 cm³/mol. The lowest BCUT2D eigenvalue weighted by molar-refractivity contribution is 0.136. The van der Waals surface area contributed by atoms with E-state index in [0.29, 0.717) is 39.3 Å². The molecule has 2 rings (SSSR count). The first-order valence-electron chi connectivity index (χ1n) is 9.99. The Morgan fingerprint density at radius 2 is 1.17 bits per heavy atom. The van der Waals surface area contributed by atoms with Gasteiger partial charge in [-0.2, -0.15) is 0 Å². The molecular weight excluding hydrogens is 384 g/mol. The van der Waals surface area contributed by atoms with E-state index in [9.17, 15) is 9.59 Å². The van der Waals surface area contributed by atoms with Crippen LogP contribution in [0.15, 0.2) is 60.7 Å². The van der Waals surface area contributed by atoms with Gasteiger partial charge < -0.3 is 25.8 Å². The molecule has 0 saturated heterocycles. The SMILES string of the molecule is NCCN(CCNC(=O)OCc1ccccc1)CCNC(=O)OCc1ccccc1. The Labute approximate surface area is 177 Å². The largest absolute Gasteiger partial charge is 0.445 e. The maximum Gasteiger partial charge on any atom is 0.407 e. The third-order valence-corrected chi connectivity index (χ3v) is 4.27. The minimum atomic E-state index is -0.464. The van der Waals surface area contributed by atoms with Crippen LogP contribution >= 0.6 is 0 Å². The van der Waals surface area contributed by atoms with Crippen molar-refractivity contribution in [3.63, 3.8) is 0 Å². The number of hydrogen-bond acceptors (Lipinski definition) is 6. The summed E-state index contributed by atoms with van der Waals surface area (Å²) >= 11 is 0. The summed E-state index contributed by atoms with van der Waals surface area (Å²) in [6, 6.07) is 19.0. The minimum absolute atomic E-state index is 0.230. The third kappa shape index (κ3) is 9.90. The van der Waals surface area contributed by atoms with Crippen molar-refractivity contribution in [1.82, 2.24) is 15.5 Å². The normalized spacial score (nSPS) is 10.5. The Morgan fingerprint density at radius 1 is 0.733 bits per heavy atom. The highest BCUT2D eigenvalue weighted by Gasteiger charge is 2.08. The van der Waals surface area contributed by atoms with Crippen LogP contribution in [0.2, 0.25) is 0 Å². The number of carbonyl (C=O) groups excluding carboxylic acids is 2. The van der Waals surface area contributed by atoms with Crippen LogP contribution in [0.1, 0.15) is 11.1 Å². The predicted octanol–water partition coefficient (Wildman–Crippen LogP) is 2.10. The Balaban J connectivity index is 1.58. The van der Waals surface area contributed by atoms with Crippen molar-refractivity contribution in [3.05, 3.63) is 71.8 Å². The quantitative estimate of drug-likeness (QED) is 0.491. The van der Waals surface area contributed by atoms with Crippen LogP contribution in [-0.2, 0) is 22.7 Å². The van der Waals surface area contributed by atoms with E-state index in [0.717, 1.165) is 11.1 Å². The average molecular weight is 415 g/mol. The molecule has 0 heterocycles. The number of carbonyl (C=O) groups is 2. The molecule has 0 unspecified atom stereocenters. The van der Waals surface area contributed by atoms with Gasteiger partial charge >= 0.3 is 12.2 Å². The first-order chi connectivity index (χ1) is 14.7. The maximum absolute atomic E-state index is 11.8. The zero-order chi connectivity index (χ0) is 21.4. The smallest absolute Gasteiger partial charge is 0.407 e. The van der Waals surface area contributed by atoms with Gasteiger partial charge in [0.2, 0.25) is 0 Å². The van der Waals surface area contributed by atoms with E-state index in [1.165, 1.54) is 0 Å². The summed E-state index contributed by atoms with van der Waals surface area (Å²) in [5.74, 6) is 0. The standard InChI is InChI=1S/C22H30N4O4/c23-11-14-26(15-12-24-21(27)29-17-19-7-3-1-4-8-19)16-13-25-22(28)30-18-20-9-5-2-6-10-20/h1-10H,11-18,23H2,(H,24,27)(H,25,28). The number of amides is 2. The zero-order valence-corrected chi connectivity index (χ0v) is 17.1. The lowest BCUT2D eigenvalue weighted by atomic mass is 10.2. The molecule has 0 aliphatic rings. The number of nitrogens with zero attached hydrogens (tertiary/aromatic N) is 1. The molecule has 0 fully saturated rings. The Kier molecular flexibility index (Phi) is 10.8. The maximum atomic E-state index is 11.8. The molecule has 0 aliphatic heterocycles. The van der Waals surface area contributed by atoms with E-state index in [4.69, 9.17) is 15.2 Å². The van der Waals surface area contributed by atoms with Crippen molar-refractivity contribution in [3.8, 4) is 0 Å². The van der Waals surface area contributed by atoms with Gasteiger partial charge in [0, 0.05) is 39.3 Å². The van der Waals surface area contributed by atoms with E-state index in [1.807, 2.05) is 60.7 Å². The van der Waals surface area contributed by atoms with E-state index >= 15 is 0 Å². The topological polar surface area (TPSA) is 106 Å². The van der Waals surface area contributed by atoms with Gasteiger partial charge in [-0.3, -0.25) is 4.90 Å². The highest BCUT2D eigenvalue weighted by molar-refractivity contribution is 5.67. The molecule has 0 radical (unpaired) electrons. The zero-order valence-electron chi connectivity index (χ0n) is 17.1. The summed E-state index contributed by atoms with van der Waals surface area (Å²) in [6.07, 6.45) is -0.927. The highest BCUT2D eigenvalue weighted by atomic mass is 16.6. The Bertz CT molecular complexity index is 682. The molecular formula is C22H30N4O4. The molecule has 0 atom stereocenters. The number of nitrogens with one attached hydrogen (secondary N) is 2. The van der Waals surface area contributed by atoms with Gasteiger partial charge in [0.1, 0.15) is 13.2 Å². The molecule has 0 saturated carbocycles. The number of rotatable bonds is 12. The van der Waals surface area contributed by atoms with Crippen LogP contribution in [0.25, 0.3) is 0 Å². The van der Waals surface area contributed by atoms with Gasteiger partial charge in [-0.1, -0.05) is 60.7 Å². The first kappa shape index (κ1) is 23.2. The molecule has 0 bridgehead atoms. The number of alkyl carbamates (subject to hydrolysis) is 2. The monoisotopic (exact) mass is 414 g/mol. The Hall–Kier alpha value is -3.10. The van der Waals surface area contributed by atoms with Gasteiger partial charge in [-0.25, -0.2) is 9.59 Å². The van der Waals surface area contributed by atoms with Crippen LogP contribution in [0.5, 0.6) is 0 Å². The lowest BCUT2D eigenvalue weighted by Gasteiger charge is -2.21. The number of nitrogens with two attached hydrogens (primary N) is 1. The molecule has 4 N–H and O–H groups in total. The highest BCUT2D eigenvalue weighted by Crippen LogP contribution is 2.01. The fraction of sp³-hybridized carbons (Fsp3) is 0.364. The fourth-order valence-corrected chi connectivity index (χ4v) is 2.70. The molecule has 2 amide bonds. The summed E-state index contributed by atoms with van der Waals surface area (Å²) in [6.45, 7) is 3.63. The lowest BCUT2D eigenvalue weighted by Crippen LogP contribution is -2.41. The van der Waals surface area contributed by atoms with Crippen molar-refractivity contribution in [2.75, 3.05) is 39.3 Å². The van der Waals surface area contributed by atoms with Gasteiger partial charge in [0.05, 0.1) is 0 Å². The third-order valence-electron chi connectivity index (χ3n) is 4.27. The van der Waals surface area contributed by atoms with Crippen LogP contribution in [0.3, 0.4) is 0 Å². The molecule has 2 aromatic carbocycles. The van der Waals surface area contributed by atoms with Crippen molar-refractivity contribution in [2.24, 2.45) is 5.73 Å². The molecule has 8 heteroatoms. The summed E-state index contributed by atoms with van der Waals surface area (Å²) in [4.78, 5) is 25.6. The summed E-state index contributed by atoms with van der Waals surface area (Å²) in [5, 5.41) is 5.45. The molecule has 2 aromatic rings. The minimum Gasteiger partial charge on any atom is -0.445 e. The number of hydrogen-bond donors (Lipinski definition) is 3. The van der Waals surface area contributed by atoms with Crippen molar-refractivity contribution >= 4 is 12.2 Å². The van der Waals surface area contributed by atoms with Gasteiger partial charge in [0.25, 0.3) is 0 Å². The van der Waals surface area contributed by atoms with Crippen molar-refractivity contribution in [1.29, 1.82) is 0 Å². The molecule has 0 aliphatic carbocycles. The molecule has 30 heavy (non-hydrogen) atoms. The van der Waals surface area contributed by atoms with Gasteiger partial charge in [-0.05, 0) is 11.1 Å².